The standard InChI is InChI=1S/C19H26N2O2/c1-13(2)21-17(22)12-14-8-6-7-11-16(14)18(21)19(23)20-15-9-4-3-5-10-15/h6-8,11,13,15,18H,3-5,9-10,12H2,1-2H3,(H,20,23). The van der Waals surface area contributed by atoms with Gasteiger partial charge in [-0.15, -0.1) is 0 Å². The minimum Gasteiger partial charge on any atom is -0.351 e. The van der Waals surface area contributed by atoms with E-state index in [0.717, 1.165) is 24.0 Å². The van der Waals surface area contributed by atoms with Gasteiger partial charge in [0, 0.05) is 12.1 Å². The van der Waals surface area contributed by atoms with Gasteiger partial charge >= 0.3 is 0 Å². The highest BCUT2D eigenvalue weighted by atomic mass is 16.2. The Morgan fingerprint density at radius 1 is 1.17 bits per heavy atom. The molecule has 1 atom stereocenters. The third-order valence-corrected chi connectivity index (χ3v) is 5.01. The molecule has 1 heterocycles. The summed E-state index contributed by atoms with van der Waals surface area (Å²) in [5.41, 5.74) is 1.97. The summed E-state index contributed by atoms with van der Waals surface area (Å²) in [6.45, 7) is 3.96. The van der Waals surface area contributed by atoms with Crippen molar-refractivity contribution in [2.75, 3.05) is 0 Å². The molecule has 124 valence electrons. The van der Waals surface area contributed by atoms with Crippen molar-refractivity contribution in [3.05, 3.63) is 35.4 Å². The zero-order valence-electron chi connectivity index (χ0n) is 14.0. The lowest BCUT2D eigenvalue weighted by Gasteiger charge is -2.39. The van der Waals surface area contributed by atoms with Crippen molar-refractivity contribution in [1.82, 2.24) is 10.2 Å². The Labute approximate surface area is 138 Å². The van der Waals surface area contributed by atoms with Gasteiger partial charge in [0.1, 0.15) is 6.04 Å². The van der Waals surface area contributed by atoms with E-state index in [2.05, 4.69) is 5.32 Å². The molecule has 23 heavy (non-hydrogen) atoms. The van der Waals surface area contributed by atoms with E-state index in [0.29, 0.717) is 6.42 Å². The second-order valence-corrected chi connectivity index (χ2v) is 7.02. The Bertz CT molecular complexity index is 591. The maximum atomic E-state index is 13.0. The molecule has 1 aromatic rings. The number of benzene rings is 1. The number of nitrogens with zero attached hydrogens (tertiary/aromatic N) is 1. The number of carbonyl (C=O) groups is 2. The van der Waals surface area contributed by atoms with Crippen LogP contribution < -0.4 is 5.32 Å². The zero-order chi connectivity index (χ0) is 16.4. The third-order valence-electron chi connectivity index (χ3n) is 5.01. The molecule has 0 aromatic heterocycles. The van der Waals surface area contributed by atoms with Crippen LogP contribution in [0.15, 0.2) is 24.3 Å². The number of nitrogens with one attached hydrogen (secondary N) is 1. The molecule has 0 radical (unpaired) electrons. The van der Waals surface area contributed by atoms with Crippen molar-refractivity contribution in [2.24, 2.45) is 0 Å². The summed E-state index contributed by atoms with van der Waals surface area (Å²) in [5.74, 6) is 0.0218. The molecule has 2 amide bonds. The van der Waals surface area contributed by atoms with Gasteiger partial charge in [-0.3, -0.25) is 9.59 Å². The Morgan fingerprint density at radius 2 is 1.87 bits per heavy atom. The van der Waals surface area contributed by atoms with Gasteiger partial charge in [-0.2, -0.15) is 0 Å². The van der Waals surface area contributed by atoms with E-state index in [1.165, 1.54) is 19.3 Å². The van der Waals surface area contributed by atoms with Crippen molar-refractivity contribution in [2.45, 2.75) is 70.5 Å². The highest BCUT2D eigenvalue weighted by Gasteiger charge is 2.38. The van der Waals surface area contributed by atoms with E-state index in [1.54, 1.807) is 4.90 Å². The fourth-order valence-corrected chi connectivity index (χ4v) is 3.89. The molecule has 4 heteroatoms. The van der Waals surface area contributed by atoms with Crippen LogP contribution in [0.2, 0.25) is 0 Å². The minimum atomic E-state index is -0.491. The monoisotopic (exact) mass is 314 g/mol. The Balaban J connectivity index is 1.88. The molecule has 0 spiro atoms. The quantitative estimate of drug-likeness (QED) is 0.932. The van der Waals surface area contributed by atoms with Crippen molar-refractivity contribution in [3.63, 3.8) is 0 Å². The van der Waals surface area contributed by atoms with Gasteiger partial charge in [0.25, 0.3) is 0 Å². The summed E-state index contributed by atoms with van der Waals surface area (Å²) in [6, 6.07) is 7.62. The fraction of sp³-hybridized carbons (Fsp3) is 0.579. The topological polar surface area (TPSA) is 49.4 Å². The predicted octanol–water partition coefficient (Wildman–Crippen LogP) is 2.97. The lowest BCUT2D eigenvalue weighted by atomic mass is 9.89. The zero-order valence-corrected chi connectivity index (χ0v) is 14.0. The van der Waals surface area contributed by atoms with Gasteiger partial charge in [0.05, 0.1) is 6.42 Å². The van der Waals surface area contributed by atoms with Crippen LogP contribution in [0, 0.1) is 0 Å². The molecule has 1 aromatic carbocycles. The summed E-state index contributed by atoms with van der Waals surface area (Å²) < 4.78 is 0. The van der Waals surface area contributed by atoms with E-state index in [4.69, 9.17) is 0 Å². The first-order valence-corrected chi connectivity index (χ1v) is 8.77. The third kappa shape index (κ3) is 3.26. The number of carbonyl (C=O) groups excluding carboxylic acids is 2. The molecule has 1 aliphatic heterocycles. The van der Waals surface area contributed by atoms with Crippen LogP contribution in [-0.2, 0) is 16.0 Å². The summed E-state index contributed by atoms with van der Waals surface area (Å²) in [5, 5.41) is 3.20. The molecule has 1 saturated carbocycles. The minimum absolute atomic E-state index is 0.0120. The molecule has 1 aliphatic carbocycles. The van der Waals surface area contributed by atoms with Crippen molar-refractivity contribution in [3.8, 4) is 0 Å². The Kier molecular flexibility index (Phi) is 4.69. The normalized spacial score (nSPS) is 22.1. The van der Waals surface area contributed by atoms with Crippen LogP contribution in [0.25, 0.3) is 0 Å². The van der Waals surface area contributed by atoms with Crippen LogP contribution >= 0.6 is 0 Å². The Hall–Kier alpha value is -1.84. The number of fused-ring (bicyclic) bond motifs is 1. The van der Waals surface area contributed by atoms with Crippen LogP contribution in [0.5, 0.6) is 0 Å². The second kappa shape index (κ2) is 6.73. The molecule has 4 nitrogen and oxygen atoms in total. The molecule has 1 unspecified atom stereocenters. The molecular weight excluding hydrogens is 288 g/mol. The van der Waals surface area contributed by atoms with Gasteiger partial charge in [0.15, 0.2) is 0 Å². The number of hydrogen-bond donors (Lipinski definition) is 1. The average molecular weight is 314 g/mol. The van der Waals surface area contributed by atoms with Gasteiger partial charge in [-0.1, -0.05) is 43.5 Å². The number of amides is 2. The summed E-state index contributed by atoms with van der Waals surface area (Å²) in [4.78, 5) is 27.3. The van der Waals surface area contributed by atoms with Crippen LogP contribution in [-0.4, -0.2) is 28.8 Å². The smallest absolute Gasteiger partial charge is 0.247 e. The summed E-state index contributed by atoms with van der Waals surface area (Å²) in [6.07, 6.45) is 6.11. The van der Waals surface area contributed by atoms with E-state index in [1.807, 2.05) is 38.1 Å². The first kappa shape index (κ1) is 16.0. The second-order valence-electron chi connectivity index (χ2n) is 7.02. The number of hydrogen-bond acceptors (Lipinski definition) is 2. The maximum Gasteiger partial charge on any atom is 0.247 e. The van der Waals surface area contributed by atoms with Crippen LogP contribution in [0.4, 0.5) is 0 Å². The van der Waals surface area contributed by atoms with Gasteiger partial charge in [-0.25, -0.2) is 0 Å². The summed E-state index contributed by atoms with van der Waals surface area (Å²) >= 11 is 0. The lowest BCUT2D eigenvalue weighted by molar-refractivity contribution is -0.144. The molecular formula is C19H26N2O2. The van der Waals surface area contributed by atoms with Gasteiger partial charge in [0.2, 0.25) is 11.8 Å². The highest BCUT2D eigenvalue weighted by Crippen LogP contribution is 2.32. The molecule has 0 saturated heterocycles. The van der Waals surface area contributed by atoms with E-state index in [-0.39, 0.29) is 23.9 Å². The SMILES string of the molecule is CC(C)N1C(=O)Cc2ccccc2C1C(=O)NC1CCCCC1. The van der Waals surface area contributed by atoms with Crippen LogP contribution in [0.3, 0.4) is 0 Å². The largest absolute Gasteiger partial charge is 0.351 e. The Morgan fingerprint density at radius 3 is 2.57 bits per heavy atom. The maximum absolute atomic E-state index is 13.0. The van der Waals surface area contributed by atoms with Crippen LogP contribution in [0.1, 0.15) is 63.1 Å². The first-order chi connectivity index (χ1) is 11.1. The van der Waals surface area contributed by atoms with Gasteiger partial charge < -0.3 is 10.2 Å². The molecule has 1 fully saturated rings. The van der Waals surface area contributed by atoms with Crippen molar-refractivity contribution in [1.29, 1.82) is 0 Å². The highest BCUT2D eigenvalue weighted by molar-refractivity contribution is 5.92. The fourth-order valence-electron chi connectivity index (χ4n) is 3.89. The molecule has 3 rings (SSSR count). The number of rotatable bonds is 3. The van der Waals surface area contributed by atoms with E-state index in [9.17, 15) is 9.59 Å². The van der Waals surface area contributed by atoms with Gasteiger partial charge in [-0.05, 0) is 37.8 Å². The van der Waals surface area contributed by atoms with Crippen molar-refractivity contribution < 1.29 is 9.59 Å². The van der Waals surface area contributed by atoms with E-state index >= 15 is 0 Å². The summed E-state index contributed by atoms with van der Waals surface area (Å²) in [7, 11) is 0. The predicted molar refractivity (Wildman–Crippen MR) is 89.9 cm³/mol. The first-order valence-electron chi connectivity index (χ1n) is 8.77. The molecule has 0 bridgehead atoms. The molecule has 2 aliphatic rings. The molecule has 1 N–H and O–H groups in total. The van der Waals surface area contributed by atoms with E-state index < -0.39 is 6.04 Å². The van der Waals surface area contributed by atoms with Crippen molar-refractivity contribution >= 4 is 11.8 Å². The average Bonchev–Trinajstić information content (AvgIpc) is 2.54. The lowest BCUT2D eigenvalue weighted by Crippen LogP contribution is -2.52.